The lowest BCUT2D eigenvalue weighted by molar-refractivity contribution is 0.0955. The Kier molecular flexibility index (Phi) is 8.71. The molecule has 0 bridgehead atoms. The van der Waals surface area contributed by atoms with E-state index in [-0.39, 0.29) is 5.91 Å². The smallest absolute Gasteiger partial charge is 0.271 e. The Morgan fingerprint density at radius 1 is 1.00 bits per heavy atom. The van der Waals surface area contributed by atoms with Crippen LogP contribution in [0.3, 0.4) is 0 Å². The number of hydrogen-bond acceptors (Lipinski definition) is 6. The highest BCUT2D eigenvalue weighted by molar-refractivity contribution is 14.1. The first kappa shape index (κ1) is 24.1. The van der Waals surface area contributed by atoms with Crippen LogP contribution in [0.15, 0.2) is 78.4 Å². The number of hydrogen-bond donors (Lipinski definition) is 1. The largest absolute Gasteiger partial charge is 0.497 e. The molecule has 3 rings (SSSR count). The number of hydrazone groups is 1. The fourth-order valence-electron chi connectivity index (χ4n) is 2.78. The first-order valence-electron chi connectivity index (χ1n) is 9.90. The summed E-state index contributed by atoms with van der Waals surface area (Å²) in [6, 6.07) is 17.7. The molecule has 1 N–H and O–H groups in total. The molecule has 3 aromatic rings. The molecule has 7 nitrogen and oxygen atoms in total. The van der Waals surface area contributed by atoms with Crippen molar-refractivity contribution >= 4 is 34.7 Å². The van der Waals surface area contributed by atoms with E-state index in [1.54, 1.807) is 56.8 Å². The zero-order chi connectivity index (χ0) is 23.6. The minimum atomic E-state index is -0.338. The van der Waals surface area contributed by atoms with E-state index in [4.69, 9.17) is 18.9 Å². The van der Waals surface area contributed by atoms with Crippen LogP contribution in [0.5, 0.6) is 28.7 Å². The first-order valence-corrected chi connectivity index (χ1v) is 11.0. The summed E-state index contributed by atoms with van der Waals surface area (Å²) in [6.45, 7) is 4.02. The summed E-state index contributed by atoms with van der Waals surface area (Å²) < 4.78 is 22.8. The van der Waals surface area contributed by atoms with Gasteiger partial charge in [0.2, 0.25) is 0 Å². The molecule has 170 valence electrons. The Labute approximate surface area is 206 Å². The summed E-state index contributed by atoms with van der Waals surface area (Å²) in [5.74, 6) is 2.90. The highest BCUT2D eigenvalue weighted by Gasteiger charge is 2.11. The number of halogens is 1. The maximum absolute atomic E-state index is 12.4. The summed E-state index contributed by atoms with van der Waals surface area (Å²) in [5, 5.41) is 4.05. The predicted molar refractivity (Wildman–Crippen MR) is 136 cm³/mol. The molecule has 0 radical (unpaired) electrons. The van der Waals surface area contributed by atoms with E-state index >= 15 is 0 Å². The zero-order valence-corrected chi connectivity index (χ0v) is 20.4. The summed E-state index contributed by atoms with van der Waals surface area (Å²) in [7, 11) is 3.17. The van der Waals surface area contributed by atoms with Crippen molar-refractivity contribution in [2.24, 2.45) is 5.10 Å². The van der Waals surface area contributed by atoms with Crippen LogP contribution in [0.1, 0.15) is 15.9 Å². The van der Waals surface area contributed by atoms with E-state index in [0.29, 0.717) is 35.2 Å². The molecule has 0 spiro atoms. The normalized spacial score (nSPS) is 10.5. The second-order valence-corrected chi connectivity index (χ2v) is 7.80. The van der Waals surface area contributed by atoms with E-state index < -0.39 is 0 Å². The van der Waals surface area contributed by atoms with Crippen LogP contribution in [-0.4, -0.2) is 32.9 Å². The van der Waals surface area contributed by atoms with Crippen molar-refractivity contribution in [3.05, 3.63) is 88.0 Å². The van der Waals surface area contributed by atoms with Crippen molar-refractivity contribution in [1.29, 1.82) is 0 Å². The van der Waals surface area contributed by atoms with Crippen LogP contribution in [-0.2, 0) is 0 Å². The van der Waals surface area contributed by atoms with Gasteiger partial charge in [-0.15, -0.1) is 0 Å². The summed E-state index contributed by atoms with van der Waals surface area (Å²) >= 11 is 2.16. The molecule has 33 heavy (non-hydrogen) atoms. The lowest BCUT2D eigenvalue weighted by Gasteiger charge is -2.12. The minimum Gasteiger partial charge on any atom is -0.497 e. The molecule has 0 aliphatic rings. The molecule has 0 atom stereocenters. The van der Waals surface area contributed by atoms with Gasteiger partial charge in [0.15, 0.2) is 11.5 Å². The number of nitrogens with one attached hydrogen (secondary N) is 1. The Bertz CT molecular complexity index is 1130. The van der Waals surface area contributed by atoms with E-state index in [9.17, 15) is 4.79 Å². The molecule has 0 aromatic heterocycles. The summed E-state index contributed by atoms with van der Waals surface area (Å²) in [4.78, 5) is 12.4. The molecule has 0 saturated carbocycles. The molecule has 0 aliphatic heterocycles. The number of nitrogens with zero attached hydrogens (tertiary/aromatic N) is 1. The Morgan fingerprint density at radius 2 is 1.64 bits per heavy atom. The van der Waals surface area contributed by atoms with Crippen molar-refractivity contribution < 1.29 is 23.7 Å². The lowest BCUT2D eigenvalue weighted by atomic mass is 10.2. The van der Waals surface area contributed by atoms with Gasteiger partial charge in [0.1, 0.15) is 23.9 Å². The van der Waals surface area contributed by atoms with Gasteiger partial charge in [-0.05, 0) is 88.8 Å². The number of carbonyl (C=O) groups is 1. The van der Waals surface area contributed by atoms with Gasteiger partial charge in [-0.3, -0.25) is 4.79 Å². The number of carbonyl (C=O) groups excluding carboxylic acids is 1. The Morgan fingerprint density at radius 3 is 2.24 bits per heavy atom. The maximum atomic E-state index is 12.4. The van der Waals surface area contributed by atoms with Crippen LogP contribution < -0.4 is 24.4 Å². The second-order valence-electron chi connectivity index (χ2n) is 6.63. The molecule has 0 aliphatic carbocycles. The fraction of sp³-hybridized carbons (Fsp3) is 0.120. The van der Waals surface area contributed by atoms with Gasteiger partial charge in [0.25, 0.3) is 5.91 Å². The molecule has 3 aromatic carbocycles. The highest BCUT2D eigenvalue weighted by Crippen LogP contribution is 2.33. The van der Waals surface area contributed by atoms with Crippen molar-refractivity contribution in [3.8, 4) is 28.7 Å². The molecule has 1 amide bonds. The van der Waals surface area contributed by atoms with Gasteiger partial charge in [-0.25, -0.2) is 5.43 Å². The van der Waals surface area contributed by atoms with E-state index in [1.807, 2.05) is 30.3 Å². The van der Waals surface area contributed by atoms with Crippen molar-refractivity contribution in [2.75, 3.05) is 20.8 Å². The quantitative estimate of drug-likeness (QED) is 0.156. The third kappa shape index (κ3) is 6.72. The predicted octanol–water partition coefficient (Wildman–Crippen LogP) is 5.43. The fourth-order valence-corrected chi connectivity index (χ4v) is 3.56. The van der Waals surface area contributed by atoms with Crippen LogP contribution in [0, 0.1) is 3.57 Å². The average Bonchev–Trinajstić information content (AvgIpc) is 2.84. The van der Waals surface area contributed by atoms with Gasteiger partial charge < -0.3 is 18.9 Å². The maximum Gasteiger partial charge on any atom is 0.271 e. The van der Waals surface area contributed by atoms with E-state index in [2.05, 4.69) is 39.7 Å². The lowest BCUT2D eigenvalue weighted by Crippen LogP contribution is -2.17. The van der Waals surface area contributed by atoms with Gasteiger partial charge in [-0.2, -0.15) is 5.10 Å². The highest BCUT2D eigenvalue weighted by atomic mass is 127. The van der Waals surface area contributed by atoms with Gasteiger partial charge in [0, 0.05) is 5.56 Å². The summed E-state index contributed by atoms with van der Waals surface area (Å²) in [6.07, 6.45) is 3.21. The monoisotopic (exact) mass is 558 g/mol. The third-order valence-corrected chi connectivity index (χ3v) is 5.19. The Hall–Kier alpha value is -3.53. The zero-order valence-electron chi connectivity index (χ0n) is 18.2. The van der Waals surface area contributed by atoms with Crippen molar-refractivity contribution in [3.63, 3.8) is 0 Å². The van der Waals surface area contributed by atoms with Gasteiger partial charge in [-0.1, -0.05) is 12.7 Å². The molecule has 8 heteroatoms. The molecule has 0 fully saturated rings. The number of ether oxygens (including phenoxy) is 4. The molecule has 0 unspecified atom stereocenters. The average molecular weight is 558 g/mol. The third-order valence-electron chi connectivity index (χ3n) is 4.39. The van der Waals surface area contributed by atoms with E-state index in [0.717, 1.165) is 14.9 Å². The number of methoxy groups -OCH3 is 2. The minimum absolute atomic E-state index is 0.338. The molecule has 0 heterocycles. The SMILES string of the molecule is C=CCOc1c(I)cc(/C=N\NC(=O)c2ccc(Oc3ccc(OC)cc3)cc2)cc1OC. The molecule has 0 saturated heterocycles. The number of amides is 1. The first-order chi connectivity index (χ1) is 16.0. The van der Waals surface area contributed by atoms with Crippen LogP contribution in [0.2, 0.25) is 0 Å². The van der Waals surface area contributed by atoms with Crippen LogP contribution in [0.25, 0.3) is 0 Å². The second kappa shape index (κ2) is 11.9. The van der Waals surface area contributed by atoms with Crippen LogP contribution in [0.4, 0.5) is 0 Å². The van der Waals surface area contributed by atoms with Crippen LogP contribution >= 0.6 is 22.6 Å². The van der Waals surface area contributed by atoms with Gasteiger partial charge in [0.05, 0.1) is 24.0 Å². The summed E-state index contributed by atoms with van der Waals surface area (Å²) in [5.41, 5.74) is 3.73. The number of benzene rings is 3. The Balaban J connectivity index is 1.60. The van der Waals surface area contributed by atoms with Crippen molar-refractivity contribution in [1.82, 2.24) is 5.43 Å². The molecular weight excluding hydrogens is 535 g/mol. The topological polar surface area (TPSA) is 78.4 Å². The standard InChI is InChI=1S/C25H23IN2O5/c1-4-13-32-24-22(26)14-17(15-23(24)31-3)16-27-28-25(29)18-5-7-20(8-6-18)33-21-11-9-19(30-2)10-12-21/h4-12,14-16H,1,13H2,2-3H3,(H,28,29)/b27-16-. The number of rotatable bonds is 10. The van der Waals surface area contributed by atoms with Crippen molar-refractivity contribution in [2.45, 2.75) is 0 Å². The molecular formula is C25H23IN2O5. The van der Waals surface area contributed by atoms with E-state index in [1.165, 1.54) is 0 Å². The van der Waals surface area contributed by atoms with Gasteiger partial charge >= 0.3 is 0 Å².